The van der Waals surface area contributed by atoms with E-state index in [1.807, 2.05) is 45.9 Å². The Morgan fingerprint density at radius 1 is 1.27 bits per heavy atom. The van der Waals surface area contributed by atoms with Crippen LogP contribution in [0, 0.1) is 11.8 Å². The first-order valence-electron chi connectivity index (χ1n) is 15.2. The number of ether oxygens (including phenoxy) is 5. The Bertz CT molecular complexity index is 1360. The number of halogens is 1. The first-order chi connectivity index (χ1) is 21.1. The second kappa shape index (κ2) is 13.7. The molecule has 2 amide bonds. The number of allylic oxidation sites excluding steroid dienone is 3. The van der Waals surface area contributed by atoms with E-state index in [1.165, 1.54) is 19.1 Å². The van der Waals surface area contributed by atoms with Crippen molar-refractivity contribution in [3.05, 3.63) is 46.5 Å². The maximum atomic E-state index is 13.8. The van der Waals surface area contributed by atoms with Gasteiger partial charge < -0.3 is 33.7 Å². The topological polar surface area (TPSA) is 136 Å². The summed E-state index contributed by atoms with van der Waals surface area (Å²) in [6.45, 7) is 9.36. The smallest absolute Gasteiger partial charge is 0.409 e. The minimum Gasteiger partial charge on any atom is -0.495 e. The first kappa shape index (κ1) is 34.7. The minimum atomic E-state index is -1.77. The monoisotopic (exact) mass is 648 g/mol. The first-order valence-corrected chi connectivity index (χ1v) is 15.6. The second-order valence-corrected chi connectivity index (χ2v) is 13.3. The number of aliphatic hydroxyl groups is 1. The number of carbonyl (C=O) groups excluding carboxylic acids is 3. The number of epoxide rings is 1. The van der Waals surface area contributed by atoms with Crippen LogP contribution in [0.2, 0.25) is 5.02 Å². The van der Waals surface area contributed by atoms with E-state index in [0.29, 0.717) is 17.9 Å². The zero-order valence-electron chi connectivity index (χ0n) is 27.2. The van der Waals surface area contributed by atoms with Crippen LogP contribution in [0.25, 0.3) is 0 Å². The van der Waals surface area contributed by atoms with Gasteiger partial charge in [-0.15, -0.1) is 0 Å². The van der Waals surface area contributed by atoms with E-state index in [2.05, 4.69) is 5.32 Å². The molecule has 3 aliphatic rings. The summed E-state index contributed by atoms with van der Waals surface area (Å²) in [5.41, 5.74) is -0.578. The van der Waals surface area contributed by atoms with Gasteiger partial charge in [0.1, 0.15) is 34.7 Å². The molecule has 45 heavy (non-hydrogen) atoms. The molecular weight excluding hydrogens is 604 g/mol. The number of esters is 1. The van der Waals surface area contributed by atoms with Gasteiger partial charge in [0.15, 0.2) is 5.72 Å². The van der Waals surface area contributed by atoms with E-state index < -0.39 is 53.7 Å². The Balaban J connectivity index is 1.79. The number of fused-ring (bicyclic) bond motifs is 5. The summed E-state index contributed by atoms with van der Waals surface area (Å²) in [7, 11) is 4.57. The molecule has 1 aromatic carbocycles. The average molecular weight is 649 g/mol. The Morgan fingerprint density at radius 3 is 2.62 bits per heavy atom. The zero-order chi connectivity index (χ0) is 33.3. The van der Waals surface area contributed by atoms with Gasteiger partial charge in [0.05, 0.1) is 25.3 Å². The maximum Gasteiger partial charge on any atom is 0.409 e. The van der Waals surface area contributed by atoms with E-state index >= 15 is 0 Å². The van der Waals surface area contributed by atoms with Crippen molar-refractivity contribution < 1.29 is 43.2 Å². The molecule has 11 nitrogen and oxygen atoms in total. The van der Waals surface area contributed by atoms with Crippen LogP contribution in [0.1, 0.15) is 59.4 Å². The highest BCUT2D eigenvalue weighted by Gasteiger charge is 2.64. The molecule has 0 radical (unpaired) electrons. The zero-order valence-corrected chi connectivity index (χ0v) is 28.0. The molecule has 7 atom stereocenters. The number of hydrogen-bond donors (Lipinski definition) is 2. The predicted molar refractivity (Wildman–Crippen MR) is 168 cm³/mol. The molecule has 0 spiro atoms. The molecule has 248 valence electrons. The summed E-state index contributed by atoms with van der Waals surface area (Å²) in [5.74, 6) is -0.779. The van der Waals surface area contributed by atoms with Crippen molar-refractivity contribution in [2.75, 3.05) is 26.2 Å². The van der Waals surface area contributed by atoms with Crippen molar-refractivity contribution >= 4 is 35.3 Å². The fourth-order valence-electron chi connectivity index (χ4n) is 6.15. The largest absolute Gasteiger partial charge is 0.495 e. The minimum absolute atomic E-state index is 0.00495. The average Bonchev–Trinajstić information content (AvgIpc) is 3.65. The second-order valence-electron chi connectivity index (χ2n) is 12.9. The lowest BCUT2D eigenvalue weighted by molar-refractivity contribution is -0.154. The van der Waals surface area contributed by atoms with E-state index in [0.717, 1.165) is 11.1 Å². The highest BCUT2D eigenvalue weighted by molar-refractivity contribution is 6.35. The van der Waals surface area contributed by atoms with Crippen LogP contribution in [0.4, 0.5) is 10.5 Å². The number of amides is 2. The van der Waals surface area contributed by atoms with Crippen molar-refractivity contribution in [3.8, 4) is 5.75 Å². The fraction of sp³-hybridized carbons (Fsp3) is 0.606. The molecule has 2 N–H and O–H groups in total. The van der Waals surface area contributed by atoms with E-state index in [1.54, 1.807) is 26.1 Å². The molecular formula is C33H45ClN2O9. The van der Waals surface area contributed by atoms with Gasteiger partial charge in [-0.05, 0) is 43.9 Å². The van der Waals surface area contributed by atoms with Gasteiger partial charge in [-0.1, -0.05) is 56.2 Å². The number of nitrogens with zero attached hydrogens (tertiary/aromatic N) is 1. The summed E-state index contributed by atoms with van der Waals surface area (Å²) >= 11 is 6.70. The Hall–Kier alpha value is -3.12. The number of alkyl carbamates (subject to hydrolysis) is 1. The van der Waals surface area contributed by atoms with Crippen LogP contribution in [0.15, 0.2) is 35.9 Å². The third kappa shape index (κ3) is 7.65. The standard InChI is InChI=1S/C33H45ClN2O9/c1-18(2)12-28(38)44-26-16-27(37)36(6)22-14-21(15-23(41-7)29(22)34)13-19(3)10-9-11-25(42-8)33(40)17-24(43-31(39)35-33)20(4)30-32(26,5)45-30/h9-11,14-15,18,20,24-26,30,40H,12-13,16-17H2,1-8H3,(H,35,39)/b11-9-,19-10+/t20-,24+,25-,26-,30-,32+,33+/m1/s1. The molecule has 0 saturated carbocycles. The number of benzene rings is 1. The number of anilines is 1. The molecule has 3 heterocycles. The maximum absolute atomic E-state index is 13.8. The van der Waals surface area contributed by atoms with Crippen LogP contribution in [0.3, 0.4) is 0 Å². The van der Waals surface area contributed by atoms with Crippen LogP contribution >= 0.6 is 11.6 Å². The lowest BCUT2D eigenvalue weighted by Gasteiger charge is -2.42. The molecule has 3 aliphatic heterocycles. The van der Waals surface area contributed by atoms with Gasteiger partial charge in [-0.3, -0.25) is 14.9 Å². The predicted octanol–water partition coefficient (Wildman–Crippen LogP) is 4.71. The summed E-state index contributed by atoms with van der Waals surface area (Å²) in [4.78, 5) is 40.9. The summed E-state index contributed by atoms with van der Waals surface area (Å²) in [5, 5.41) is 14.4. The highest BCUT2D eigenvalue weighted by Crippen LogP contribution is 2.49. The van der Waals surface area contributed by atoms with Gasteiger partial charge in [0, 0.05) is 32.9 Å². The van der Waals surface area contributed by atoms with Gasteiger partial charge in [-0.25, -0.2) is 4.79 Å². The molecule has 1 aromatic rings. The van der Waals surface area contributed by atoms with Crippen LogP contribution in [-0.2, 0) is 35.0 Å². The summed E-state index contributed by atoms with van der Waals surface area (Å²) in [6.07, 6.45) is 1.84. The van der Waals surface area contributed by atoms with E-state index in [4.69, 9.17) is 35.3 Å². The molecule has 4 rings (SSSR count). The van der Waals surface area contributed by atoms with Crippen molar-refractivity contribution in [2.45, 2.75) is 96.0 Å². The van der Waals surface area contributed by atoms with Crippen molar-refractivity contribution in [3.63, 3.8) is 0 Å². The number of nitrogens with one attached hydrogen (secondary N) is 1. The lowest BCUT2D eigenvalue weighted by Crippen LogP contribution is -2.63. The van der Waals surface area contributed by atoms with Crippen LogP contribution < -0.4 is 15.0 Å². The molecule has 4 bridgehead atoms. The quantitative estimate of drug-likeness (QED) is 0.344. The number of methoxy groups -OCH3 is 2. The van der Waals surface area contributed by atoms with Crippen molar-refractivity contribution in [2.24, 2.45) is 11.8 Å². The van der Waals surface area contributed by atoms with Crippen LogP contribution in [-0.4, -0.2) is 80.1 Å². The third-order valence-electron chi connectivity index (χ3n) is 8.80. The lowest BCUT2D eigenvalue weighted by atomic mass is 9.83. The molecule has 0 aromatic heterocycles. The van der Waals surface area contributed by atoms with E-state index in [-0.39, 0.29) is 36.1 Å². The van der Waals surface area contributed by atoms with E-state index in [9.17, 15) is 19.5 Å². The number of hydrogen-bond acceptors (Lipinski definition) is 9. The summed E-state index contributed by atoms with van der Waals surface area (Å²) < 4.78 is 28.9. The fourth-order valence-corrected chi connectivity index (χ4v) is 6.46. The molecule has 12 heteroatoms. The van der Waals surface area contributed by atoms with Gasteiger partial charge >= 0.3 is 12.1 Å². The SMILES string of the molecule is COc1cc2cc(c1Cl)N(C)C(=O)C[C@@H](OC(=O)CC(C)C)[C@]1(C)O[C@@H]1[C@H](C)[C@@H]1C[C@@](O)(NC(=O)O1)[C@H](OC)/C=C\C=C(/C)C2. The molecule has 0 aliphatic carbocycles. The third-order valence-corrected chi connectivity index (χ3v) is 9.18. The van der Waals surface area contributed by atoms with Crippen molar-refractivity contribution in [1.82, 2.24) is 5.32 Å². The Kier molecular flexibility index (Phi) is 10.6. The molecule has 0 unspecified atom stereocenters. The summed E-state index contributed by atoms with van der Waals surface area (Å²) in [6, 6.07) is 3.64. The Morgan fingerprint density at radius 2 is 1.98 bits per heavy atom. The number of carbonyl (C=O) groups is 3. The molecule has 2 saturated heterocycles. The molecule has 2 fully saturated rings. The van der Waals surface area contributed by atoms with Gasteiger partial charge in [0.25, 0.3) is 0 Å². The normalized spacial score (nSPS) is 34.2. The van der Waals surface area contributed by atoms with Crippen LogP contribution in [0.5, 0.6) is 5.75 Å². The Labute approximate surface area is 269 Å². The van der Waals surface area contributed by atoms with Gasteiger partial charge in [-0.2, -0.15) is 0 Å². The van der Waals surface area contributed by atoms with Gasteiger partial charge in [0.2, 0.25) is 5.91 Å². The van der Waals surface area contributed by atoms with Crippen molar-refractivity contribution in [1.29, 1.82) is 0 Å². The highest BCUT2D eigenvalue weighted by atomic mass is 35.5. The number of rotatable bonds is 5.